The largest absolute Gasteiger partial charge is 0.492 e. The van der Waals surface area contributed by atoms with E-state index in [1.807, 2.05) is 6.07 Å². The lowest BCUT2D eigenvalue weighted by Gasteiger charge is -2.27. The number of nitrogens with zero attached hydrogens (tertiary/aromatic N) is 3. The minimum atomic E-state index is -0.732. The van der Waals surface area contributed by atoms with Gasteiger partial charge < -0.3 is 14.8 Å². The molecular formula is C29H22F2N4O3. The van der Waals surface area contributed by atoms with Crippen molar-refractivity contribution in [3.8, 4) is 17.7 Å². The van der Waals surface area contributed by atoms with Crippen LogP contribution in [-0.2, 0) is 6.61 Å². The molecule has 1 amide bonds. The molecule has 0 saturated heterocycles. The summed E-state index contributed by atoms with van der Waals surface area (Å²) in [5, 5.41) is 16.9. The van der Waals surface area contributed by atoms with E-state index in [9.17, 15) is 18.8 Å². The van der Waals surface area contributed by atoms with Crippen molar-refractivity contribution >= 4 is 23.6 Å². The number of carbonyl (C=O) groups is 1. The number of nitrogens with one attached hydrogen (secondary N) is 1. The minimum absolute atomic E-state index is 0.164. The molecule has 4 aromatic rings. The van der Waals surface area contributed by atoms with Crippen LogP contribution in [0.15, 0.2) is 61.7 Å². The molecule has 1 atom stereocenters. The molecule has 1 aliphatic rings. The van der Waals surface area contributed by atoms with Crippen LogP contribution in [0, 0.1) is 23.0 Å². The Labute approximate surface area is 217 Å². The van der Waals surface area contributed by atoms with E-state index in [0.29, 0.717) is 46.7 Å². The molecule has 3 heterocycles. The van der Waals surface area contributed by atoms with Crippen molar-refractivity contribution in [2.75, 3.05) is 6.61 Å². The average molecular weight is 513 g/mol. The first kappa shape index (κ1) is 24.7. The molecule has 1 unspecified atom stereocenters. The first-order valence-corrected chi connectivity index (χ1v) is 11.8. The maximum Gasteiger partial charge on any atom is 0.256 e. The summed E-state index contributed by atoms with van der Waals surface area (Å²) < 4.78 is 41.2. The Balaban J connectivity index is 1.52. The number of hydrogen-bond donors (Lipinski definition) is 1. The summed E-state index contributed by atoms with van der Waals surface area (Å²) >= 11 is 0. The van der Waals surface area contributed by atoms with Gasteiger partial charge in [0.25, 0.3) is 5.91 Å². The zero-order chi connectivity index (χ0) is 26.8. The van der Waals surface area contributed by atoms with Gasteiger partial charge in [-0.25, -0.2) is 8.78 Å². The smallest absolute Gasteiger partial charge is 0.256 e. The van der Waals surface area contributed by atoms with E-state index >= 15 is 0 Å². The maximum absolute atomic E-state index is 14.2. The normalized spacial score (nSPS) is 14.2. The zero-order valence-electron chi connectivity index (χ0n) is 20.2. The fourth-order valence-electron chi connectivity index (χ4n) is 4.46. The summed E-state index contributed by atoms with van der Waals surface area (Å²) in [6.07, 6.45) is 3.52. The molecule has 0 bridgehead atoms. The summed E-state index contributed by atoms with van der Waals surface area (Å²) in [6, 6.07) is 13.8. The highest BCUT2D eigenvalue weighted by molar-refractivity contribution is 6.04. The van der Waals surface area contributed by atoms with Crippen molar-refractivity contribution in [1.29, 1.82) is 5.26 Å². The van der Waals surface area contributed by atoms with E-state index in [-0.39, 0.29) is 23.6 Å². The van der Waals surface area contributed by atoms with Crippen LogP contribution in [0.3, 0.4) is 0 Å². The number of rotatable bonds is 7. The van der Waals surface area contributed by atoms with Crippen LogP contribution in [0.4, 0.5) is 8.78 Å². The molecule has 0 radical (unpaired) electrons. The van der Waals surface area contributed by atoms with Crippen molar-refractivity contribution < 1.29 is 23.0 Å². The third-order valence-electron chi connectivity index (χ3n) is 6.33. The second-order valence-electron chi connectivity index (χ2n) is 8.58. The van der Waals surface area contributed by atoms with Gasteiger partial charge in [-0.3, -0.25) is 4.79 Å². The van der Waals surface area contributed by atoms with E-state index in [4.69, 9.17) is 9.47 Å². The third-order valence-corrected chi connectivity index (χ3v) is 6.33. The molecule has 0 spiro atoms. The lowest BCUT2D eigenvalue weighted by atomic mass is 9.97. The summed E-state index contributed by atoms with van der Waals surface area (Å²) in [5.41, 5.74) is 2.43. The van der Waals surface area contributed by atoms with Crippen molar-refractivity contribution in [2.45, 2.75) is 19.1 Å². The number of para-hydroxylation sites is 1. The van der Waals surface area contributed by atoms with Gasteiger partial charge in [0.2, 0.25) is 5.88 Å². The monoisotopic (exact) mass is 512 g/mol. The van der Waals surface area contributed by atoms with Crippen LogP contribution >= 0.6 is 0 Å². The second-order valence-corrected chi connectivity index (χ2v) is 8.58. The molecule has 9 heteroatoms. The van der Waals surface area contributed by atoms with E-state index in [1.165, 1.54) is 16.7 Å². The number of hydrogen-bond acceptors (Lipinski definition) is 5. The van der Waals surface area contributed by atoms with Crippen molar-refractivity contribution in [3.05, 3.63) is 107 Å². The van der Waals surface area contributed by atoms with Crippen molar-refractivity contribution in [2.24, 2.45) is 0 Å². The maximum atomic E-state index is 14.2. The lowest BCUT2D eigenvalue weighted by molar-refractivity contribution is 0.0926. The molecule has 0 aliphatic carbocycles. The highest BCUT2D eigenvalue weighted by atomic mass is 19.1. The van der Waals surface area contributed by atoms with Gasteiger partial charge in [0.1, 0.15) is 30.1 Å². The highest BCUT2D eigenvalue weighted by Crippen LogP contribution is 2.35. The van der Waals surface area contributed by atoms with Crippen LogP contribution < -0.4 is 14.8 Å². The number of aromatic nitrogens is 2. The first-order valence-electron chi connectivity index (χ1n) is 11.8. The van der Waals surface area contributed by atoms with Crippen molar-refractivity contribution in [1.82, 2.24) is 14.9 Å². The van der Waals surface area contributed by atoms with Crippen LogP contribution in [0.2, 0.25) is 0 Å². The number of benzene rings is 2. The van der Waals surface area contributed by atoms with Gasteiger partial charge in [0.15, 0.2) is 0 Å². The fraction of sp³-hybridized carbons (Fsp3) is 0.138. The van der Waals surface area contributed by atoms with Gasteiger partial charge in [-0.15, -0.1) is 0 Å². The Morgan fingerprint density at radius 2 is 1.97 bits per heavy atom. The molecule has 2 aromatic heterocycles. The van der Waals surface area contributed by atoms with E-state index in [2.05, 4.69) is 29.6 Å². The quantitative estimate of drug-likeness (QED) is 0.348. The molecule has 0 fully saturated rings. The number of ether oxygens (including phenoxy) is 2. The predicted molar refractivity (Wildman–Crippen MR) is 138 cm³/mol. The van der Waals surface area contributed by atoms with Crippen LogP contribution in [0.1, 0.15) is 50.8 Å². The van der Waals surface area contributed by atoms with E-state index in [1.54, 1.807) is 30.3 Å². The second kappa shape index (κ2) is 10.2. The first-order chi connectivity index (χ1) is 18.4. The highest BCUT2D eigenvalue weighted by Gasteiger charge is 2.28. The molecule has 5 rings (SSSR count). The SMILES string of the molecule is C=Cc1cc(OCc2c(F)cccc2F)n2nc(C=C)c(C(=O)NC3CCOc4c(C#N)cccc43)c2c1. The van der Waals surface area contributed by atoms with Gasteiger partial charge in [-0.2, -0.15) is 14.9 Å². The molecule has 1 aliphatic heterocycles. The Morgan fingerprint density at radius 1 is 1.21 bits per heavy atom. The molecular weight excluding hydrogens is 490 g/mol. The van der Waals surface area contributed by atoms with E-state index in [0.717, 1.165) is 12.1 Å². The topological polar surface area (TPSA) is 88.7 Å². The zero-order valence-corrected chi connectivity index (χ0v) is 20.2. The lowest BCUT2D eigenvalue weighted by Crippen LogP contribution is -2.32. The Hall–Kier alpha value is -4.97. The number of amides is 1. The van der Waals surface area contributed by atoms with Crippen molar-refractivity contribution in [3.63, 3.8) is 0 Å². The van der Waals surface area contributed by atoms with Gasteiger partial charge in [0.05, 0.1) is 40.5 Å². The standard InChI is InChI=1S/C29H22F2N4O3/c1-3-17-13-25-27(29(36)33-24-11-12-37-28-18(15-32)7-5-8-19(24)28)23(4-2)34-35(25)26(14-17)38-16-20-21(30)9-6-10-22(20)31/h3-10,13-14,24H,1-2,11-12,16H2,(H,33,36). The molecule has 7 nitrogen and oxygen atoms in total. The van der Waals surface area contributed by atoms with E-state index < -0.39 is 23.6 Å². The number of nitriles is 1. The van der Waals surface area contributed by atoms with Gasteiger partial charge in [0, 0.05) is 18.1 Å². The molecule has 190 valence electrons. The summed E-state index contributed by atoms with van der Waals surface area (Å²) in [4.78, 5) is 13.6. The third kappa shape index (κ3) is 4.37. The predicted octanol–water partition coefficient (Wildman–Crippen LogP) is 5.60. The van der Waals surface area contributed by atoms with Gasteiger partial charge in [-0.05, 0) is 35.9 Å². The van der Waals surface area contributed by atoms with Gasteiger partial charge in [-0.1, -0.05) is 37.4 Å². The molecule has 2 aromatic carbocycles. The number of carbonyl (C=O) groups excluding carboxylic acids is 1. The number of pyridine rings is 1. The van der Waals surface area contributed by atoms with Crippen LogP contribution in [-0.4, -0.2) is 22.1 Å². The summed E-state index contributed by atoms with van der Waals surface area (Å²) in [7, 11) is 0. The molecule has 38 heavy (non-hydrogen) atoms. The van der Waals surface area contributed by atoms with Crippen LogP contribution in [0.25, 0.3) is 17.7 Å². The number of fused-ring (bicyclic) bond motifs is 2. The van der Waals surface area contributed by atoms with Gasteiger partial charge >= 0.3 is 0 Å². The average Bonchev–Trinajstić information content (AvgIpc) is 3.31. The van der Waals surface area contributed by atoms with Crippen LogP contribution in [0.5, 0.6) is 11.6 Å². The Kier molecular flexibility index (Phi) is 6.62. The summed E-state index contributed by atoms with van der Waals surface area (Å²) in [6.45, 7) is 7.54. The molecule has 1 N–H and O–H groups in total. The summed E-state index contributed by atoms with van der Waals surface area (Å²) in [5.74, 6) is -1.26. The minimum Gasteiger partial charge on any atom is -0.492 e. The molecule has 0 saturated carbocycles. The Morgan fingerprint density at radius 3 is 2.68 bits per heavy atom. The Bertz CT molecular complexity index is 1620. The fourth-order valence-corrected chi connectivity index (χ4v) is 4.46. The number of halogens is 2.